The van der Waals surface area contributed by atoms with Crippen molar-refractivity contribution in [3.8, 4) is 11.5 Å². The van der Waals surface area contributed by atoms with Crippen LogP contribution in [0.4, 0.5) is 13.2 Å². The molecule has 1 fully saturated rings. The van der Waals surface area contributed by atoms with E-state index < -0.39 is 23.7 Å². The Morgan fingerprint density at radius 1 is 1.27 bits per heavy atom. The summed E-state index contributed by atoms with van der Waals surface area (Å²) < 4.78 is 51.4. The Balaban J connectivity index is 2.03. The van der Waals surface area contributed by atoms with E-state index >= 15 is 0 Å². The van der Waals surface area contributed by atoms with Gasteiger partial charge in [0, 0.05) is 11.3 Å². The van der Waals surface area contributed by atoms with E-state index in [-0.39, 0.29) is 28.5 Å². The monoisotopic (exact) mass is 372 g/mol. The molecule has 1 aliphatic carbocycles. The average Bonchev–Trinajstić information content (AvgIpc) is 2.94. The summed E-state index contributed by atoms with van der Waals surface area (Å²) in [5, 5.41) is 14.6. The number of carbonyl (C=O) groups excluding carboxylic acids is 1. The van der Waals surface area contributed by atoms with Gasteiger partial charge in [-0.15, -0.1) is 0 Å². The van der Waals surface area contributed by atoms with Crippen molar-refractivity contribution >= 4 is 11.6 Å². The van der Waals surface area contributed by atoms with Gasteiger partial charge in [0.15, 0.2) is 11.5 Å². The minimum absolute atomic E-state index is 0.0895. The Morgan fingerprint density at radius 3 is 2.58 bits per heavy atom. The van der Waals surface area contributed by atoms with E-state index in [1.165, 1.54) is 32.4 Å². The second-order valence-corrected chi connectivity index (χ2v) is 6.30. The standard InChI is InChI=1S/C17H19F3N2O4/c1-25-13-8-7-10(9-14(13)26-2)15(23)22-16(24,17(18,19)20)11-5-3-4-6-12(11)21-22/h7-9,11,24H,3-6H2,1-2H3/t11-,16+/m1/s1. The number of nitrogens with zero attached hydrogens (tertiary/aromatic N) is 2. The highest BCUT2D eigenvalue weighted by atomic mass is 19.4. The lowest BCUT2D eigenvalue weighted by atomic mass is 9.80. The predicted octanol–water partition coefficient (Wildman–Crippen LogP) is 2.96. The SMILES string of the molecule is COc1ccc(C(=O)N2N=C3CCCC[C@H]3[C@]2(O)C(F)(F)F)cc1OC. The van der Waals surface area contributed by atoms with E-state index in [0.717, 1.165) is 0 Å². The third kappa shape index (κ3) is 2.70. The first kappa shape index (κ1) is 18.5. The molecular weight excluding hydrogens is 353 g/mol. The number of rotatable bonds is 3. The van der Waals surface area contributed by atoms with Gasteiger partial charge in [-0.3, -0.25) is 4.79 Å². The lowest BCUT2D eigenvalue weighted by molar-refractivity contribution is -0.312. The van der Waals surface area contributed by atoms with Gasteiger partial charge in [-0.2, -0.15) is 23.3 Å². The minimum Gasteiger partial charge on any atom is -0.493 e. The molecule has 0 aromatic heterocycles. The van der Waals surface area contributed by atoms with Gasteiger partial charge in [-0.1, -0.05) is 6.42 Å². The number of fused-ring (bicyclic) bond motifs is 1. The smallest absolute Gasteiger partial charge is 0.439 e. The largest absolute Gasteiger partial charge is 0.493 e. The molecule has 1 heterocycles. The lowest BCUT2D eigenvalue weighted by Crippen LogP contribution is -2.61. The number of hydrogen-bond donors (Lipinski definition) is 1. The van der Waals surface area contributed by atoms with Gasteiger partial charge in [0.05, 0.1) is 20.1 Å². The van der Waals surface area contributed by atoms with Crippen LogP contribution >= 0.6 is 0 Å². The number of ether oxygens (including phenoxy) is 2. The van der Waals surface area contributed by atoms with E-state index in [1.807, 2.05) is 0 Å². The molecule has 9 heteroatoms. The van der Waals surface area contributed by atoms with Crippen molar-refractivity contribution in [2.75, 3.05) is 14.2 Å². The van der Waals surface area contributed by atoms with Crippen LogP contribution in [0.3, 0.4) is 0 Å². The number of aliphatic hydroxyl groups is 1. The Kier molecular flexibility index (Phi) is 4.60. The van der Waals surface area contributed by atoms with Crippen LogP contribution in [-0.2, 0) is 0 Å². The van der Waals surface area contributed by atoms with Crippen LogP contribution in [0.15, 0.2) is 23.3 Å². The van der Waals surface area contributed by atoms with Crippen molar-refractivity contribution in [3.05, 3.63) is 23.8 Å². The van der Waals surface area contributed by atoms with Crippen LogP contribution in [0.1, 0.15) is 36.0 Å². The molecule has 26 heavy (non-hydrogen) atoms. The van der Waals surface area contributed by atoms with Crippen LogP contribution in [-0.4, -0.2) is 47.9 Å². The molecule has 1 saturated carbocycles. The van der Waals surface area contributed by atoms with Crippen molar-refractivity contribution < 1.29 is 32.5 Å². The fraction of sp³-hybridized carbons (Fsp3) is 0.529. The summed E-state index contributed by atoms with van der Waals surface area (Å²) in [6.45, 7) is 0. The van der Waals surface area contributed by atoms with E-state index in [4.69, 9.17) is 9.47 Å². The molecule has 2 atom stereocenters. The van der Waals surface area contributed by atoms with Gasteiger partial charge >= 0.3 is 6.18 Å². The summed E-state index contributed by atoms with van der Waals surface area (Å²) in [5.41, 5.74) is -3.22. The third-order valence-corrected chi connectivity index (χ3v) is 4.86. The van der Waals surface area contributed by atoms with Crippen LogP contribution in [0.5, 0.6) is 11.5 Å². The van der Waals surface area contributed by atoms with E-state index in [9.17, 15) is 23.1 Å². The van der Waals surface area contributed by atoms with Gasteiger partial charge in [0.1, 0.15) is 0 Å². The molecule has 0 unspecified atom stereocenters. The van der Waals surface area contributed by atoms with Gasteiger partial charge < -0.3 is 14.6 Å². The number of carbonyl (C=O) groups is 1. The number of hydrogen-bond acceptors (Lipinski definition) is 5. The molecule has 1 N–H and O–H groups in total. The summed E-state index contributed by atoms with van der Waals surface area (Å²) in [6.07, 6.45) is -3.35. The van der Waals surface area contributed by atoms with E-state index in [2.05, 4.69) is 5.10 Å². The maximum Gasteiger partial charge on any atom is 0.439 e. The predicted molar refractivity (Wildman–Crippen MR) is 86.1 cm³/mol. The first-order valence-electron chi connectivity index (χ1n) is 8.17. The minimum atomic E-state index is -5.04. The lowest BCUT2D eigenvalue weighted by Gasteiger charge is -2.38. The van der Waals surface area contributed by atoms with E-state index in [0.29, 0.717) is 25.0 Å². The highest BCUT2D eigenvalue weighted by molar-refractivity contribution is 5.99. The maximum atomic E-state index is 13.7. The molecule has 1 aromatic rings. The van der Waals surface area contributed by atoms with Crippen LogP contribution < -0.4 is 9.47 Å². The Bertz CT molecular complexity index is 750. The van der Waals surface area contributed by atoms with Crippen molar-refractivity contribution in [1.29, 1.82) is 0 Å². The van der Waals surface area contributed by atoms with Crippen molar-refractivity contribution in [1.82, 2.24) is 5.01 Å². The molecule has 0 bridgehead atoms. The summed E-state index contributed by atoms with van der Waals surface area (Å²) in [4.78, 5) is 12.8. The van der Waals surface area contributed by atoms with Gasteiger partial charge in [0.25, 0.3) is 11.6 Å². The molecule has 6 nitrogen and oxygen atoms in total. The molecule has 0 saturated heterocycles. The van der Waals surface area contributed by atoms with Gasteiger partial charge in [-0.25, -0.2) is 0 Å². The van der Waals surface area contributed by atoms with Crippen LogP contribution in [0, 0.1) is 5.92 Å². The molecule has 0 spiro atoms. The highest BCUT2D eigenvalue weighted by Crippen LogP contribution is 2.48. The number of benzene rings is 1. The first-order chi connectivity index (χ1) is 12.2. The normalized spacial score (nSPS) is 25.5. The zero-order valence-corrected chi connectivity index (χ0v) is 14.3. The molecule has 142 valence electrons. The molecule has 3 rings (SSSR count). The number of amides is 1. The molecule has 0 radical (unpaired) electrons. The Hall–Kier alpha value is -2.29. The summed E-state index contributed by atoms with van der Waals surface area (Å²) in [7, 11) is 2.75. The molecule has 2 aliphatic rings. The van der Waals surface area contributed by atoms with Crippen LogP contribution in [0.25, 0.3) is 0 Å². The third-order valence-electron chi connectivity index (χ3n) is 4.86. The average molecular weight is 372 g/mol. The van der Waals surface area contributed by atoms with Gasteiger partial charge in [0.2, 0.25) is 0 Å². The Labute approximate surface area is 148 Å². The summed E-state index contributed by atoms with van der Waals surface area (Å²) in [6, 6.07) is 3.98. The van der Waals surface area contributed by atoms with E-state index in [1.54, 1.807) is 0 Å². The number of methoxy groups -OCH3 is 2. The van der Waals surface area contributed by atoms with Crippen LogP contribution in [0.2, 0.25) is 0 Å². The fourth-order valence-corrected chi connectivity index (χ4v) is 3.51. The first-order valence-corrected chi connectivity index (χ1v) is 8.17. The zero-order valence-electron chi connectivity index (χ0n) is 14.3. The quantitative estimate of drug-likeness (QED) is 0.886. The van der Waals surface area contributed by atoms with Crippen molar-refractivity contribution in [2.45, 2.75) is 37.6 Å². The maximum absolute atomic E-state index is 13.7. The second kappa shape index (κ2) is 6.46. The molecule has 1 aliphatic heterocycles. The fourth-order valence-electron chi connectivity index (χ4n) is 3.51. The number of alkyl halides is 3. The second-order valence-electron chi connectivity index (χ2n) is 6.30. The van der Waals surface area contributed by atoms with Crippen molar-refractivity contribution in [3.63, 3.8) is 0 Å². The Morgan fingerprint density at radius 2 is 1.96 bits per heavy atom. The molecule has 1 aromatic carbocycles. The topological polar surface area (TPSA) is 71.4 Å². The van der Waals surface area contributed by atoms with Crippen molar-refractivity contribution in [2.24, 2.45) is 11.0 Å². The molecular formula is C17H19F3N2O4. The summed E-state index contributed by atoms with van der Waals surface area (Å²) in [5.74, 6) is -1.76. The highest BCUT2D eigenvalue weighted by Gasteiger charge is 2.68. The molecule has 1 amide bonds. The zero-order chi connectivity index (χ0) is 19.1. The summed E-state index contributed by atoms with van der Waals surface area (Å²) >= 11 is 0. The van der Waals surface area contributed by atoms with Gasteiger partial charge in [-0.05, 0) is 37.5 Å². The number of hydrazone groups is 1. The number of halogens is 3.